The number of amides is 2. The second-order valence-electron chi connectivity index (χ2n) is 7.15. The van der Waals surface area contributed by atoms with Gasteiger partial charge in [-0.2, -0.15) is 5.10 Å². The lowest BCUT2D eigenvalue weighted by Crippen LogP contribution is -2.38. The number of aryl methyl sites for hydroxylation is 2. The lowest BCUT2D eigenvalue weighted by Gasteiger charge is -2.19. The zero-order valence-corrected chi connectivity index (χ0v) is 15.6. The summed E-state index contributed by atoms with van der Waals surface area (Å²) in [4.78, 5) is 12.4. The Morgan fingerprint density at radius 3 is 2.43 bits per heavy atom. The van der Waals surface area contributed by atoms with Crippen LogP contribution in [0.15, 0.2) is 48.5 Å². The Labute approximate surface area is 161 Å². The molecule has 0 unspecified atom stereocenters. The van der Waals surface area contributed by atoms with Crippen LogP contribution in [0, 0.1) is 25.5 Å². The van der Waals surface area contributed by atoms with Crippen molar-refractivity contribution < 1.29 is 13.6 Å². The van der Waals surface area contributed by atoms with Gasteiger partial charge in [0.1, 0.15) is 11.5 Å². The van der Waals surface area contributed by atoms with Crippen LogP contribution in [-0.2, 0) is 5.54 Å². The van der Waals surface area contributed by atoms with E-state index >= 15 is 0 Å². The summed E-state index contributed by atoms with van der Waals surface area (Å²) < 4.78 is 30.1. The van der Waals surface area contributed by atoms with Crippen molar-refractivity contribution in [3.63, 3.8) is 0 Å². The summed E-state index contributed by atoms with van der Waals surface area (Å²) in [5.41, 5.74) is 2.00. The fourth-order valence-corrected chi connectivity index (χ4v) is 3.44. The van der Waals surface area contributed by atoms with Crippen molar-refractivity contribution in [3.8, 4) is 5.69 Å². The maximum Gasteiger partial charge on any atom is 0.319 e. The SMILES string of the molecule is Cc1cc(C)n(-c2ccc(NC(=O)NC3(c4ccccc4F)CC3)cc2F)n1. The summed E-state index contributed by atoms with van der Waals surface area (Å²) in [7, 11) is 0. The average Bonchev–Trinajstić information content (AvgIpc) is 3.32. The van der Waals surface area contributed by atoms with E-state index in [0.29, 0.717) is 29.8 Å². The van der Waals surface area contributed by atoms with Gasteiger partial charge in [0.2, 0.25) is 0 Å². The summed E-state index contributed by atoms with van der Waals surface area (Å²) in [6, 6.07) is 12.2. The second-order valence-corrected chi connectivity index (χ2v) is 7.15. The number of hydrogen-bond donors (Lipinski definition) is 2. The van der Waals surface area contributed by atoms with Gasteiger partial charge in [-0.1, -0.05) is 18.2 Å². The minimum atomic E-state index is -0.697. The molecule has 2 N–H and O–H groups in total. The van der Waals surface area contributed by atoms with E-state index in [1.54, 1.807) is 30.3 Å². The minimum absolute atomic E-state index is 0.307. The van der Waals surface area contributed by atoms with Crippen molar-refractivity contribution >= 4 is 11.7 Å². The van der Waals surface area contributed by atoms with E-state index in [9.17, 15) is 13.6 Å². The van der Waals surface area contributed by atoms with Gasteiger partial charge in [0.05, 0.1) is 11.2 Å². The maximum atomic E-state index is 14.6. The third kappa shape index (κ3) is 3.35. The number of benzene rings is 2. The van der Waals surface area contributed by atoms with Crippen molar-refractivity contribution in [1.82, 2.24) is 15.1 Å². The van der Waals surface area contributed by atoms with Gasteiger partial charge in [-0.25, -0.2) is 18.3 Å². The number of anilines is 1. The van der Waals surface area contributed by atoms with Crippen LogP contribution in [-0.4, -0.2) is 15.8 Å². The molecule has 0 bridgehead atoms. The van der Waals surface area contributed by atoms with Crippen LogP contribution in [0.25, 0.3) is 5.69 Å². The van der Waals surface area contributed by atoms with Gasteiger partial charge in [-0.15, -0.1) is 0 Å². The molecular weight excluding hydrogens is 362 g/mol. The molecule has 1 fully saturated rings. The predicted octanol–water partition coefficient (Wildman–Crippen LogP) is 4.58. The first-order valence-electron chi connectivity index (χ1n) is 9.05. The largest absolute Gasteiger partial charge is 0.328 e. The highest BCUT2D eigenvalue weighted by Gasteiger charge is 2.47. The molecule has 144 valence electrons. The molecule has 1 aromatic heterocycles. The lowest BCUT2D eigenvalue weighted by atomic mass is 10.0. The zero-order chi connectivity index (χ0) is 19.9. The van der Waals surface area contributed by atoms with Crippen LogP contribution < -0.4 is 10.6 Å². The molecule has 2 aromatic carbocycles. The molecule has 1 aliphatic carbocycles. The number of rotatable bonds is 4. The van der Waals surface area contributed by atoms with E-state index in [0.717, 1.165) is 11.4 Å². The van der Waals surface area contributed by atoms with Crippen molar-refractivity contribution in [1.29, 1.82) is 0 Å². The van der Waals surface area contributed by atoms with Crippen LogP contribution >= 0.6 is 0 Å². The average molecular weight is 382 g/mol. The molecule has 2 amide bonds. The van der Waals surface area contributed by atoms with Crippen molar-refractivity contribution in [3.05, 3.63) is 77.1 Å². The lowest BCUT2D eigenvalue weighted by molar-refractivity contribution is 0.247. The molecular formula is C21H20F2N4O. The number of carbonyl (C=O) groups is 1. The Morgan fingerprint density at radius 1 is 1.07 bits per heavy atom. The van der Waals surface area contributed by atoms with E-state index in [-0.39, 0.29) is 5.82 Å². The van der Waals surface area contributed by atoms with Crippen molar-refractivity contribution in [2.24, 2.45) is 0 Å². The first-order chi connectivity index (χ1) is 13.4. The number of hydrogen-bond acceptors (Lipinski definition) is 2. The molecule has 0 aliphatic heterocycles. The Hall–Kier alpha value is -3.22. The number of aromatic nitrogens is 2. The summed E-state index contributed by atoms with van der Waals surface area (Å²) >= 11 is 0. The Morgan fingerprint density at radius 2 is 1.82 bits per heavy atom. The van der Waals surface area contributed by atoms with E-state index < -0.39 is 17.4 Å². The monoisotopic (exact) mass is 382 g/mol. The van der Waals surface area contributed by atoms with Gasteiger partial charge in [0, 0.05) is 16.9 Å². The third-order valence-corrected chi connectivity index (χ3v) is 4.94. The van der Waals surface area contributed by atoms with E-state index in [1.807, 2.05) is 19.9 Å². The standard InChI is InChI=1S/C21H20F2N4O/c1-13-11-14(2)27(26-13)19-8-7-15(12-18(19)23)24-20(28)25-21(9-10-21)16-5-3-4-6-17(16)22/h3-8,11-12H,9-10H2,1-2H3,(H2,24,25,28). The summed E-state index contributed by atoms with van der Waals surface area (Å²) in [6.45, 7) is 3.68. The van der Waals surface area contributed by atoms with E-state index in [4.69, 9.17) is 0 Å². The molecule has 28 heavy (non-hydrogen) atoms. The van der Waals surface area contributed by atoms with Crippen molar-refractivity contribution in [2.45, 2.75) is 32.2 Å². The quantitative estimate of drug-likeness (QED) is 0.694. The van der Waals surface area contributed by atoms with Crippen LogP contribution in [0.2, 0.25) is 0 Å². The van der Waals surface area contributed by atoms with Gasteiger partial charge in [-0.05, 0) is 57.0 Å². The second kappa shape index (κ2) is 6.74. The van der Waals surface area contributed by atoms with Gasteiger partial charge in [0.15, 0.2) is 5.82 Å². The summed E-state index contributed by atoms with van der Waals surface area (Å²) in [6.07, 6.45) is 1.32. The first kappa shape index (κ1) is 18.2. The highest BCUT2D eigenvalue weighted by molar-refractivity contribution is 5.90. The van der Waals surface area contributed by atoms with Crippen LogP contribution in [0.4, 0.5) is 19.3 Å². The fourth-order valence-electron chi connectivity index (χ4n) is 3.44. The van der Waals surface area contributed by atoms with E-state index in [2.05, 4.69) is 15.7 Å². The molecule has 0 atom stereocenters. The molecule has 0 spiro atoms. The maximum absolute atomic E-state index is 14.6. The number of urea groups is 1. The number of halogens is 2. The summed E-state index contributed by atoms with van der Waals surface area (Å²) in [5.74, 6) is -0.847. The van der Waals surface area contributed by atoms with E-state index in [1.165, 1.54) is 16.8 Å². The van der Waals surface area contributed by atoms with Gasteiger partial charge in [-0.3, -0.25) is 0 Å². The van der Waals surface area contributed by atoms with Crippen LogP contribution in [0.3, 0.4) is 0 Å². The van der Waals surface area contributed by atoms with Gasteiger partial charge >= 0.3 is 6.03 Å². The summed E-state index contributed by atoms with van der Waals surface area (Å²) in [5, 5.41) is 9.72. The molecule has 4 rings (SSSR count). The molecule has 1 saturated carbocycles. The highest BCUT2D eigenvalue weighted by Crippen LogP contribution is 2.46. The topological polar surface area (TPSA) is 59.0 Å². The molecule has 0 saturated heterocycles. The molecule has 1 aliphatic rings. The van der Waals surface area contributed by atoms with Gasteiger partial charge < -0.3 is 10.6 Å². The Balaban J connectivity index is 1.49. The smallest absolute Gasteiger partial charge is 0.319 e. The van der Waals surface area contributed by atoms with Gasteiger partial charge in [0.25, 0.3) is 0 Å². The zero-order valence-electron chi connectivity index (χ0n) is 15.6. The molecule has 5 nitrogen and oxygen atoms in total. The van der Waals surface area contributed by atoms with Crippen molar-refractivity contribution in [2.75, 3.05) is 5.32 Å². The predicted molar refractivity (Wildman–Crippen MR) is 102 cm³/mol. The normalized spacial score (nSPS) is 14.6. The Bertz CT molecular complexity index is 1060. The molecule has 7 heteroatoms. The molecule has 3 aromatic rings. The highest BCUT2D eigenvalue weighted by atomic mass is 19.1. The first-order valence-corrected chi connectivity index (χ1v) is 9.05. The third-order valence-electron chi connectivity index (χ3n) is 4.94. The van der Waals surface area contributed by atoms with Crippen LogP contribution in [0.1, 0.15) is 29.8 Å². The van der Waals surface area contributed by atoms with Crippen LogP contribution in [0.5, 0.6) is 0 Å². The number of carbonyl (C=O) groups excluding carboxylic acids is 1. The molecule has 1 heterocycles. The number of nitrogens with zero attached hydrogens (tertiary/aromatic N) is 2. The minimum Gasteiger partial charge on any atom is -0.328 e. The Kier molecular flexibility index (Phi) is 4.37. The number of nitrogens with one attached hydrogen (secondary N) is 2. The fraction of sp³-hybridized carbons (Fsp3) is 0.238. The molecule has 0 radical (unpaired) electrons.